The standard InChI is InChI=1S/C12H17N3O2/c1-6-13-11(14-7-1)15-10-2-4-12(5-3-10)16-8-9-17-12/h1,6-7,10H,2-5,8-9H2,(H,13,14,15). The number of ether oxygens (including phenoxy) is 2. The zero-order valence-corrected chi connectivity index (χ0v) is 9.76. The molecule has 1 N–H and O–H groups in total. The van der Waals surface area contributed by atoms with E-state index in [0.717, 1.165) is 38.9 Å². The Labute approximate surface area is 101 Å². The Morgan fingerprint density at radius 3 is 2.41 bits per heavy atom. The Balaban J connectivity index is 1.55. The van der Waals surface area contributed by atoms with Crippen LogP contribution in [0.3, 0.4) is 0 Å². The summed E-state index contributed by atoms with van der Waals surface area (Å²) in [5, 5.41) is 3.35. The highest BCUT2D eigenvalue weighted by Gasteiger charge is 2.40. The number of anilines is 1. The molecule has 0 radical (unpaired) electrons. The van der Waals surface area contributed by atoms with Gasteiger partial charge in [-0.15, -0.1) is 0 Å². The molecule has 5 nitrogen and oxygen atoms in total. The van der Waals surface area contributed by atoms with E-state index in [4.69, 9.17) is 9.47 Å². The van der Waals surface area contributed by atoms with Crippen LogP contribution < -0.4 is 5.32 Å². The lowest BCUT2D eigenvalue weighted by atomic mass is 9.90. The summed E-state index contributed by atoms with van der Waals surface area (Å²) in [4.78, 5) is 8.35. The topological polar surface area (TPSA) is 56.3 Å². The van der Waals surface area contributed by atoms with Gasteiger partial charge in [-0.3, -0.25) is 0 Å². The molecule has 17 heavy (non-hydrogen) atoms. The lowest BCUT2D eigenvalue weighted by Crippen LogP contribution is -2.39. The van der Waals surface area contributed by atoms with Gasteiger partial charge in [0.25, 0.3) is 0 Å². The van der Waals surface area contributed by atoms with E-state index in [1.165, 1.54) is 0 Å². The van der Waals surface area contributed by atoms with Gasteiger partial charge in [0.2, 0.25) is 5.95 Å². The van der Waals surface area contributed by atoms with Gasteiger partial charge >= 0.3 is 0 Å². The highest BCUT2D eigenvalue weighted by atomic mass is 16.7. The molecule has 1 aromatic heterocycles. The molecule has 2 fully saturated rings. The quantitative estimate of drug-likeness (QED) is 0.843. The summed E-state index contributed by atoms with van der Waals surface area (Å²) < 4.78 is 11.4. The van der Waals surface area contributed by atoms with Crippen molar-refractivity contribution < 1.29 is 9.47 Å². The lowest BCUT2D eigenvalue weighted by molar-refractivity contribution is -0.177. The smallest absolute Gasteiger partial charge is 0.222 e. The molecule has 0 aromatic carbocycles. The van der Waals surface area contributed by atoms with Gasteiger partial charge in [-0.1, -0.05) is 0 Å². The second-order valence-electron chi connectivity index (χ2n) is 4.60. The van der Waals surface area contributed by atoms with Gasteiger partial charge < -0.3 is 14.8 Å². The molecule has 1 saturated carbocycles. The fraction of sp³-hybridized carbons (Fsp3) is 0.667. The summed E-state index contributed by atoms with van der Waals surface area (Å²) >= 11 is 0. The molecular weight excluding hydrogens is 218 g/mol. The Morgan fingerprint density at radius 1 is 1.12 bits per heavy atom. The van der Waals surface area contributed by atoms with Crippen LogP contribution in [0.4, 0.5) is 5.95 Å². The molecule has 0 amide bonds. The van der Waals surface area contributed by atoms with E-state index >= 15 is 0 Å². The van der Waals surface area contributed by atoms with Gasteiger partial charge in [-0.2, -0.15) is 0 Å². The minimum Gasteiger partial charge on any atom is -0.351 e. The van der Waals surface area contributed by atoms with E-state index in [2.05, 4.69) is 15.3 Å². The van der Waals surface area contributed by atoms with Gasteiger partial charge in [0.15, 0.2) is 5.79 Å². The Hall–Kier alpha value is -1.20. The average molecular weight is 235 g/mol. The molecule has 0 unspecified atom stereocenters. The molecule has 3 rings (SSSR count). The van der Waals surface area contributed by atoms with Crippen LogP contribution in [0.1, 0.15) is 25.7 Å². The third-order valence-corrected chi connectivity index (χ3v) is 3.46. The van der Waals surface area contributed by atoms with Crippen molar-refractivity contribution >= 4 is 5.95 Å². The van der Waals surface area contributed by atoms with Crippen molar-refractivity contribution in [3.8, 4) is 0 Å². The second-order valence-corrected chi connectivity index (χ2v) is 4.60. The molecule has 92 valence electrons. The number of nitrogens with zero attached hydrogens (tertiary/aromatic N) is 2. The molecule has 0 bridgehead atoms. The van der Waals surface area contributed by atoms with E-state index in [0.29, 0.717) is 12.0 Å². The van der Waals surface area contributed by atoms with Crippen molar-refractivity contribution in [1.82, 2.24) is 9.97 Å². The Bertz CT molecular complexity index is 355. The van der Waals surface area contributed by atoms with E-state index in [1.54, 1.807) is 12.4 Å². The first-order chi connectivity index (χ1) is 8.36. The van der Waals surface area contributed by atoms with Crippen molar-refractivity contribution in [2.75, 3.05) is 18.5 Å². The number of aromatic nitrogens is 2. The average Bonchev–Trinajstić information content (AvgIpc) is 2.83. The summed E-state index contributed by atoms with van der Waals surface area (Å²) in [5.41, 5.74) is 0. The summed E-state index contributed by atoms with van der Waals surface area (Å²) in [6.07, 6.45) is 7.50. The van der Waals surface area contributed by atoms with Crippen LogP contribution in [0, 0.1) is 0 Å². The zero-order valence-electron chi connectivity index (χ0n) is 9.76. The van der Waals surface area contributed by atoms with Crippen LogP contribution in [0.2, 0.25) is 0 Å². The number of hydrogen-bond acceptors (Lipinski definition) is 5. The molecule has 2 aliphatic rings. The highest BCUT2D eigenvalue weighted by Crippen LogP contribution is 2.36. The van der Waals surface area contributed by atoms with E-state index < -0.39 is 0 Å². The summed E-state index contributed by atoms with van der Waals surface area (Å²) in [6, 6.07) is 2.25. The van der Waals surface area contributed by atoms with Crippen LogP contribution >= 0.6 is 0 Å². The maximum absolute atomic E-state index is 5.70. The molecule has 5 heteroatoms. The van der Waals surface area contributed by atoms with Gasteiger partial charge in [0.05, 0.1) is 13.2 Å². The van der Waals surface area contributed by atoms with E-state index in [1.807, 2.05) is 6.07 Å². The normalized spacial score (nSPS) is 24.0. The minimum atomic E-state index is -0.282. The monoisotopic (exact) mass is 235 g/mol. The van der Waals surface area contributed by atoms with E-state index in [-0.39, 0.29) is 5.79 Å². The Kier molecular flexibility index (Phi) is 2.94. The molecule has 1 aliphatic heterocycles. The first-order valence-electron chi connectivity index (χ1n) is 6.18. The summed E-state index contributed by atoms with van der Waals surface area (Å²) in [7, 11) is 0. The lowest BCUT2D eigenvalue weighted by Gasteiger charge is -2.35. The molecule has 2 heterocycles. The summed E-state index contributed by atoms with van der Waals surface area (Å²) in [6.45, 7) is 1.47. The second kappa shape index (κ2) is 4.58. The molecular formula is C12H17N3O2. The van der Waals surface area contributed by atoms with Gasteiger partial charge in [-0.05, 0) is 18.9 Å². The van der Waals surface area contributed by atoms with Crippen LogP contribution in [0.15, 0.2) is 18.5 Å². The van der Waals surface area contributed by atoms with Gasteiger partial charge in [0, 0.05) is 31.3 Å². The van der Waals surface area contributed by atoms with Crippen molar-refractivity contribution in [3.63, 3.8) is 0 Å². The minimum absolute atomic E-state index is 0.282. The van der Waals surface area contributed by atoms with Crippen LogP contribution in [0.25, 0.3) is 0 Å². The van der Waals surface area contributed by atoms with Crippen LogP contribution in [-0.2, 0) is 9.47 Å². The SMILES string of the molecule is c1cnc(NC2CCC3(CC2)OCCO3)nc1. The van der Waals surface area contributed by atoms with Crippen molar-refractivity contribution in [2.24, 2.45) is 0 Å². The van der Waals surface area contributed by atoms with Crippen LogP contribution in [0.5, 0.6) is 0 Å². The first-order valence-corrected chi connectivity index (χ1v) is 6.18. The largest absolute Gasteiger partial charge is 0.351 e. The predicted octanol–water partition coefficient (Wildman–Crippen LogP) is 1.57. The number of hydrogen-bond donors (Lipinski definition) is 1. The van der Waals surface area contributed by atoms with Crippen LogP contribution in [-0.4, -0.2) is 35.0 Å². The van der Waals surface area contributed by atoms with Gasteiger partial charge in [0.1, 0.15) is 0 Å². The summed E-state index contributed by atoms with van der Waals surface area (Å²) in [5.74, 6) is 0.428. The number of rotatable bonds is 2. The third kappa shape index (κ3) is 2.40. The van der Waals surface area contributed by atoms with E-state index in [9.17, 15) is 0 Å². The third-order valence-electron chi connectivity index (χ3n) is 3.46. The van der Waals surface area contributed by atoms with Gasteiger partial charge in [-0.25, -0.2) is 9.97 Å². The predicted molar refractivity (Wildman–Crippen MR) is 62.5 cm³/mol. The zero-order chi connectivity index (χ0) is 11.6. The number of nitrogens with one attached hydrogen (secondary N) is 1. The highest BCUT2D eigenvalue weighted by molar-refractivity contribution is 5.24. The van der Waals surface area contributed by atoms with Crippen molar-refractivity contribution in [2.45, 2.75) is 37.5 Å². The molecule has 1 aliphatic carbocycles. The van der Waals surface area contributed by atoms with Crippen molar-refractivity contribution in [3.05, 3.63) is 18.5 Å². The van der Waals surface area contributed by atoms with Crippen molar-refractivity contribution in [1.29, 1.82) is 0 Å². The Morgan fingerprint density at radius 2 is 1.76 bits per heavy atom. The maximum atomic E-state index is 5.70. The first kappa shape index (κ1) is 10.9. The fourth-order valence-electron chi connectivity index (χ4n) is 2.54. The maximum Gasteiger partial charge on any atom is 0.222 e. The molecule has 0 atom stereocenters. The molecule has 1 spiro atoms. The molecule has 1 saturated heterocycles. The fourth-order valence-corrected chi connectivity index (χ4v) is 2.54. The molecule has 1 aromatic rings.